The van der Waals surface area contributed by atoms with Crippen LogP contribution in [-0.2, 0) is 16.0 Å². The molecule has 0 radical (unpaired) electrons. The van der Waals surface area contributed by atoms with Gasteiger partial charge in [-0.3, -0.25) is 4.79 Å². The van der Waals surface area contributed by atoms with Gasteiger partial charge in [-0.1, -0.05) is 36.9 Å². The minimum atomic E-state index is -2.78. The fraction of sp³-hybridized carbons (Fsp3) is 0.267. The van der Waals surface area contributed by atoms with E-state index in [0.717, 1.165) is 16.4 Å². The summed E-state index contributed by atoms with van der Waals surface area (Å²) in [6.45, 7) is -1.02. The number of nitrogens with zero attached hydrogens (tertiary/aromatic N) is 6. The van der Waals surface area contributed by atoms with Gasteiger partial charge in [-0.2, -0.15) is 10.1 Å². The van der Waals surface area contributed by atoms with Crippen molar-refractivity contribution in [2.75, 3.05) is 62.9 Å². The lowest BCUT2D eigenvalue weighted by Gasteiger charge is -2.31. The smallest absolute Gasteiger partial charge is 0.247 e. The van der Waals surface area contributed by atoms with Crippen LogP contribution >= 0.6 is 0 Å². The van der Waals surface area contributed by atoms with E-state index >= 15 is 0 Å². The highest BCUT2D eigenvalue weighted by Gasteiger charge is 2.20. The Balaban J connectivity index is 1.58. The second-order valence-corrected chi connectivity index (χ2v) is 8.86. The van der Waals surface area contributed by atoms with Gasteiger partial charge in [0.05, 0.1) is 44.5 Å². The predicted octanol–water partition coefficient (Wildman–Crippen LogP) is 4.10. The summed E-state index contributed by atoms with van der Waals surface area (Å²) in [5.41, 5.74) is 1.73. The highest BCUT2D eigenvalue weighted by atomic mass is 16.5. The fourth-order valence-corrected chi connectivity index (χ4v) is 4.28. The number of benzene rings is 2. The van der Waals surface area contributed by atoms with Crippen molar-refractivity contribution in [3.63, 3.8) is 0 Å². The molecular formula is C30H34N8O3. The molecule has 3 heterocycles. The van der Waals surface area contributed by atoms with E-state index < -0.39 is 32.6 Å². The molecule has 0 unspecified atom stereocenters. The Morgan fingerprint density at radius 1 is 1.24 bits per heavy atom. The van der Waals surface area contributed by atoms with Crippen LogP contribution in [-0.4, -0.2) is 78.0 Å². The average Bonchev–Trinajstić information content (AvgIpc) is 3.43. The molecule has 4 aromatic rings. The zero-order valence-electron chi connectivity index (χ0n) is 29.4. The molecule has 2 aromatic carbocycles. The van der Waals surface area contributed by atoms with Gasteiger partial charge in [-0.25, -0.2) is 9.67 Å². The SMILES string of the molecule is [2H]c1c(C([2H])([2H])N(C([2H])[2H])C([2H])[2H])c(-c2ccccc2)nn1-c1ccnc(Nc2cc(NC(=O)C=C)c(N3CCOCC3)cc2OC)n1. The molecule has 0 saturated carbocycles. The Hall–Kier alpha value is -4.74. The first-order chi connectivity index (χ1) is 23.0. The van der Waals surface area contributed by atoms with Gasteiger partial charge in [0.15, 0.2) is 5.82 Å². The summed E-state index contributed by atoms with van der Waals surface area (Å²) < 4.78 is 70.3. The van der Waals surface area contributed by atoms with E-state index in [1.165, 1.54) is 19.4 Å². The maximum Gasteiger partial charge on any atom is 0.247 e. The number of methoxy groups -OCH3 is 1. The number of carbonyl (C=O) groups excluding carboxylic acids is 1. The quantitative estimate of drug-likeness (QED) is 0.277. The molecule has 0 bridgehead atoms. The first-order valence-corrected chi connectivity index (χ1v) is 12.7. The van der Waals surface area contributed by atoms with Crippen LogP contribution in [0.2, 0.25) is 0 Å². The molecule has 11 nitrogen and oxygen atoms in total. The van der Waals surface area contributed by atoms with E-state index in [9.17, 15) is 4.79 Å². The number of rotatable bonds is 10. The topological polar surface area (TPSA) is 110 Å². The van der Waals surface area contributed by atoms with Gasteiger partial charge < -0.3 is 29.9 Å². The van der Waals surface area contributed by atoms with Crippen molar-refractivity contribution in [1.82, 2.24) is 24.6 Å². The molecule has 1 saturated heterocycles. The minimum Gasteiger partial charge on any atom is -0.494 e. The largest absolute Gasteiger partial charge is 0.494 e. The number of hydrogen-bond donors (Lipinski definition) is 2. The van der Waals surface area contributed by atoms with Gasteiger partial charge in [0.25, 0.3) is 0 Å². The third-order valence-electron chi connectivity index (χ3n) is 6.16. The molecule has 1 fully saturated rings. The van der Waals surface area contributed by atoms with Crippen LogP contribution in [0.1, 0.15) is 15.2 Å². The summed E-state index contributed by atoms with van der Waals surface area (Å²) in [4.78, 5) is 23.6. The van der Waals surface area contributed by atoms with Crippen molar-refractivity contribution in [2.45, 2.75) is 6.50 Å². The van der Waals surface area contributed by atoms with E-state index in [-0.39, 0.29) is 23.0 Å². The molecule has 2 N–H and O–H groups in total. The first kappa shape index (κ1) is 20.2. The zero-order chi connectivity index (χ0) is 34.6. The van der Waals surface area contributed by atoms with Crippen molar-refractivity contribution in [3.05, 3.63) is 79.1 Å². The number of anilines is 4. The molecule has 11 heteroatoms. The van der Waals surface area contributed by atoms with E-state index in [1.807, 2.05) is 0 Å². The van der Waals surface area contributed by atoms with E-state index in [0.29, 0.717) is 53.9 Å². The lowest BCUT2D eigenvalue weighted by Crippen LogP contribution is -2.36. The van der Waals surface area contributed by atoms with Crippen LogP contribution in [0.5, 0.6) is 5.75 Å². The fourth-order valence-electron chi connectivity index (χ4n) is 4.28. The van der Waals surface area contributed by atoms with Crippen LogP contribution < -0.4 is 20.3 Å². The van der Waals surface area contributed by atoms with Gasteiger partial charge in [0.2, 0.25) is 11.9 Å². The van der Waals surface area contributed by atoms with Crippen molar-refractivity contribution < 1.29 is 23.9 Å². The van der Waals surface area contributed by atoms with E-state index in [1.54, 1.807) is 42.5 Å². The Labute approximate surface area is 249 Å². The van der Waals surface area contributed by atoms with Crippen LogP contribution in [0.15, 0.2) is 73.6 Å². The molecule has 1 aliphatic rings. The predicted molar refractivity (Wildman–Crippen MR) is 160 cm³/mol. The van der Waals surface area contributed by atoms with Gasteiger partial charge in [-0.05, 0) is 26.1 Å². The lowest BCUT2D eigenvalue weighted by atomic mass is 10.1. The van der Waals surface area contributed by atoms with Crippen LogP contribution in [0.4, 0.5) is 23.0 Å². The number of aromatic nitrogens is 4. The van der Waals surface area contributed by atoms with Gasteiger partial charge in [0, 0.05) is 63.4 Å². The second kappa shape index (κ2) is 12.6. The second-order valence-electron chi connectivity index (χ2n) is 8.86. The Morgan fingerprint density at radius 3 is 2.78 bits per heavy atom. The summed E-state index contributed by atoms with van der Waals surface area (Å²) in [6, 6.07) is 13.4. The standard InChI is InChI=1S/C30H34N8O3/c1-5-28(39)32-23-17-24(26(40-4)18-25(23)37-13-15-41-16-14-37)33-30-31-12-11-27(34-30)38-20-22(19-36(2)3)29(35-38)21-9-7-6-8-10-21/h5-12,17-18,20H,1,13-16,19H2,2-4H3,(H,32,39)(H,31,33,34)/i2D2,3D2,19D2,20D. The molecule has 212 valence electrons. The Bertz CT molecular complexity index is 1760. The summed E-state index contributed by atoms with van der Waals surface area (Å²) in [6.07, 6.45) is 2.12. The third kappa shape index (κ3) is 6.53. The van der Waals surface area contributed by atoms with E-state index in [4.69, 9.17) is 19.1 Å². The van der Waals surface area contributed by atoms with Gasteiger partial charge >= 0.3 is 0 Å². The summed E-state index contributed by atoms with van der Waals surface area (Å²) in [5, 5.41) is 10.5. The molecule has 1 amide bonds. The van der Waals surface area contributed by atoms with Gasteiger partial charge in [0.1, 0.15) is 5.75 Å². The molecule has 0 atom stereocenters. The number of nitrogens with one attached hydrogen (secondary N) is 2. The summed E-state index contributed by atoms with van der Waals surface area (Å²) in [7, 11) is 1.50. The highest BCUT2D eigenvalue weighted by molar-refractivity contribution is 6.02. The number of hydrogen-bond acceptors (Lipinski definition) is 9. The molecule has 41 heavy (non-hydrogen) atoms. The van der Waals surface area contributed by atoms with Gasteiger partial charge in [-0.15, -0.1) is 0 Å². The number of amides is 1. The first-order valence-electron chi connectivity index (χ1n) is 16.5. The minimum absolute atomic E-state index is 0.0213. The molecule has 5 rings (SSSR count). The van der Waals surface area contributed by atoms with Crippen molar-refractivity contribution in [3.8, 4) is 22.8 Å². The van der Waals surface area contributed by atoms with E-state index in [2.05, 4.69) is 37.2 Å². The monoisotopic (exact) mass is 561 g/mol. The number of ether oxygens (including phenoxy) is 2. The molecular weight excluding hydrogens is 520 g/mol. The number of carbonyl (C=O) groups is 1. The number of morpholine rings is 1. The van der Waals surface area contributed by atoms with Crippen LogP contribution in [0, 0.1) is 0 Å². The van der Waals surface area contributed by atoms with Crippen molar-refractivity contribution in [1.29, 1.82) is 0 Å². The normalized spacial score (nSPS) is 16.2. The third-order valence-corrected chi connectivity index (χ3v) is 6.16. The summed E-state index contributed by atoms with van der Waals surface area (Å²) >= 11 is 0. The maximum atomic E-state index is 12.3. The summed E-state index contributed by atoms with van der Waals surface area (Å²) in [5.74, 6) is 0.148. The van der Waals surface area contributed by atoms with Crippen molar-refractivity contribution >= 4 is 28.9 Å². The lowest BCUT2D eigenvalue weighted by molar-refractivity contribution is -0.111. The highest BCUT2D eigenvalue weighted by Crippen LogP contribution is 2.38. The zero-order valence-corrected chi connectivity index (χ0v) is 22.4. The molecule has 0 aliphatic carbocycles. The average molecular weight is 562 g/mol. The Kier molecular flexibility index (Phi) is 6.21. The van der Waals surface area contributed by atoms with Crippen LogP contribution in [0.25, 0.3) is 17.1 Å². The van der Waals surface area contributed by atoms with Crippen molar-refractivity contribution in [2.24, 2.45) is 0 Å². The molecule has 1 aliphatic heterocycles. The maximum absolute atomic E-state index is 12.3. The molecule has 0 spiro atoms. The van der Waals surface area contributed by atoms with Crippen LogP contribution in [0.3, 0.4) is 0 Å². The Morgan fingerprint density at radius 2 is 2.05 bits per heavy atom. The molecule has 2 aromatic heterocycles.